The van der Waals surface area contributed by atoms with Crippen LogP contribution in [0.4, 0.5) is 18.9 Å². The van der Waals surface area contributed by atoms with Crippen LogP contribution in [-0.2, 0) is 12.7 Å². The maximum absolute atomic E-state index is 14.1. The average molecular weight is 574 g/mol. The van der Waals surface area contributed by atoms with Gasteiger partial charge < -0.3 is 10.2 Å². The van der Waals surface area contributed by atoms with Crippen molar-refractivity contribution < 1.29 is 18.0 Å². The number of likely N-dealkylation sites (tertiary alicyclic amines) is 1. The van der Waals surface area contributed by atoms with Crippen LogP contribution in [0.5, 0.6) is 0 Å². The highest BCUT2D eigenvalue weighted by molar-refractivity contribution is 6.04. The van der Waals surface area contributed by atoms with Crippen LogP contribution in [0.2, 0.25) is 0 Å². The van der Waals surface area contributed by atoms with Crippen molar-refractivity contribution in [2.75, 3.05) is 32.5 Å². The van der Waals surface area contributed by atoms with Crippen LogP contribution < -0.4 is 5.32 Å². The van der Waals surface area contributed by atoms with Crippen LogP contribution in [0.15, 0.2) is 60.8 Å². The number of benzene rings is 2. The molecule has 0 aliphatic carbocycles. The van der Waals surface area contributed by atoms with E-state index in [1.807, 2.05) is 56.7 Å². The van der Waals surface area contributed by atoms with E-state index in [2.05, 4.69) is 31.9 Å². The predicted octanol–water partition coefficient (Wildman–Crippen LogP) is 6.15. The van der Waals surface area contributed by atoms with Crippen LogP contribution in [0, 0.1) is 25.7 Å². The predicted molar refractivity (Wildman–Crippen MR) is 158 cm³/mol. The number of aromatic nitrogens is 2. The van der Waals surface area contributed by atoms with Gasteiger partial charge in [-0.3, -0.25) is 14.1 Å². The standard InChI is InChI=1S/C33H34F3N5O/c1-22-8-9-25(19-24(22)11-13-30-23(2)37-31-7-5-6-16-41(30)31)32(42)38-27-12-10-26(29(20-27)33(34,35)36)21-40-17-14-28(15-18-40)39(3)4/h5-10,12,16,19-20,28H,14-15,17-18,21H2,1-4H3,(H,38,42). The lowest BCUT2D eigenvalue weighted by Gasteiger charge is -2.35. The summed E-state index contributed by atoms with van der Waals surface area (Å²) in [6, 6.07) is 15.3. The number of amides is 1. The van der Waals surface area contributed by atoms with Gasteiger partial charge in [0.2, 0.25) is 0 Å². The van der Waals surface area contributed by atoms with Gasteiger partial charge in [-0.25, -0.2) is 4.98 Å². The van der Waals surface area contributed by atoms with E-state index in [1.54, 1.807) is 18.2 Å². The van der Waals surface area contributed by atoms with Crippen LogP contribution in [-0.4, -0.2) is 58.3 Å². The normalized spacial score (nSPS) is 14.7. The first-order valence-electron chi connectivity index (χ1n) is 14.0. The van der Waals surface area contributed by atoms with Crippen molar-refractivity contribution >= 4 is 17.2 Å². The number of nitrogens with zero attached hydrogens (tertiary/aromatic N) is 4. The third kappa shape index (κ3) is 6.51. The molecule has 1 N–H and O–H groups in total. The van der Waals surface area contributed by atoms with Crippen molar-refractivity contribution in [2.45, 2.75) is 45.5 Å². The molecule has 0 saturated carbocycles. The van der Waals surface area contributed by atoms with Crippen molar-refractivity contribution in [3.63, 3.8) is 0 Å². The largest absolute Gasteiger partial charge is 0.416 e. The number of alkyl halides is 3. The lowest BCUT2D eigenvalue weighted by Crippen LogP contribution is -2.41. The molecule has 1 fully saturated rings. The first-order valence-corrected chi connectivity index (χ1v) is 14.0. The van der Waals surface area contributed by atoms with Gasteiger partial charge in [0.15, 0.2) is 0 Å². The van der Waals surface area contributed by atoms with Crippen molar-refractivity contribution in [1.82, 2.24) is 19.2 Å². The quantitative estimate of drug-likeness (QED) is 0.291. The molecule has 6 nitrogen and oxygen atoms in total. The molecule has 0 atom stereocenters. The Morgan fingerprint density at radius 2 is 1.81 bits per heavy atom. The van der Waals surface area contributed by atoms with E-state index in [-0.39, 0.29) is 17.8 Å². The minimum absolute atomic E-state index is 0.0944. The number of pyridine rings is 1. The zero-order valence-electron chi connectivity index (χ0n) is 24.2. The zero-order valence-corrected chi connectivity index (χ0v) is 24.2. The Hall–Kier alpha value is -4.13. The molecule has 4 aromatic rings. The van der Waals surface area contributed by atoms with E-state index in [0.717, 1.165) is 54.6 Å². The van der Waals surface area contributed by atoms with E-state index in [0.29, 0.717) is 17.2 Å². The van der Waals surface area contributed by atoms with Gasteiger partial charge >= 0.3 is 6.18 Å². The Morgan fingerprint density at radius 1 is 1.05 bits per heavy atom. The summed E-state index contributed by atoms with van der Waals surface area (Å²) in [6.07, 6.45) is -0.807. The Morgan fingerprint density at radius 3 is 2.52 bits per heavy atom. The van der Waals surface area contributed by atoms with E-state index in [4.69, 9.17) is 0 Å². The van der Waals surface area contributed by atoms with Crippen LogP contribution in [0.3, 0.4) is 0 Å². The summed E-state index contributed by atoms with van der Waals surface area (Å²) in [7, 11) is 4.06. The summed E-state index contributed by atoms with van der Waals surface area (Å²) in [5.41, 5.74) is 3.75. The number of aryl methyl sites for hydroxylation is 2. The number of piperidine rings is 1. The van der Waals surface area contributed by atoms with Crippen molar-refractivity contribution in [3.8, 4) is 11.8 Å². The third-order valence-corrected chi connectivity index (χ3v) is 7.87. The van der Waals surface area contributed by atoms with Gasteiger partial charge in [-0.2, -0.15) is 13.2 Å². The average Bonchev–Trinajstić information content (AvgIpc) is 3.27. The van der Waals surface area contributed by atoms with Gasteiger partial charge in [0.25, 0.3) is 5.91 Å². The molecule has 218 valence electrons. The number of hydrogen-bond donors (Lipinski definition) is 1. The van der Waals surface area contributed by atoms with Gasteiger partial charge in [0.05, 0.1) is 11.3 Å². The van der Waals surface area contributed by atoms with Crippen LogP contribution in [0.25, 0.3) is 5.65 Å². The molecular formula is C33H34F3N5O. The smallest absolute Gasteiger partial charge is 0.322 e. The van der Waals surface area contributed by atoms with E-state index < -0.39 is 17.6 Å². The maximum atomic E-state index is 14.1. The molecule has 0 radical (unpaired) electrons. The van der Waals surface area contributed by atoms with Gasteiger partial charge in [0.1, 0.15) is 11.3 Å². The van der Waals surface area contributed by atoms with E-state index in [1.165, 1.54) is 12.1 Å². The van der Waals surface area contributed by atoms with Crippen molar-refractivity contribution in [1.29, 1.82) is 0 Å². The monoisotopic (exact) mass is 573 g/mol. The SMILES string of the molecule is Cc1ccc(C(=O)Nc2ccc(CN3CCC(N(C)C)CC3)c(C(F)(F)F)c2)cc1C#Cc1c(C)nc2ccccn12. The third-order valence-electron chi connectivity index (χ3n) is 7.87. The second-order valence-electron chi connectivity index (χ2n) is 11.0. The highest BCUT2D eigenvalue weighted by atomic mass is 19.4. The summed E-state index contributed by atoms with van der Waals surface area (Å²) in [6.45, 7) is 5.49. The highest BCUT2D eigenvalue weighted by Crippen LogP contribution is 2.35. The Balaban J connectivity index is 1.34. The fraction of sp³-hybridized carbons (Fsp3) is 0.333. The molecule has 42 heavy (non-hydrogen) atoms. The zero-order chi connectivity index (χ0) is 30.0. The van der Waals surface area contributed by atoms with E-state index >= 15 is 0 Å². The van der Waals surface area contributed by atoms with Crippen molar-refractivity contribution in [3.05, 3.63) is 100.0 Å². The van der Waals surface area contributed by atoms with Gasteiger partial charge in [-0.1, -0.05) is 24.1 Å². The summed E-state index contributed by atoms with van der Waals surface area (Å²) in [5.74, 6) is 5.81. The molecule has 2 aromatic heterocycles. The van der Waals surface area contributed by atoms with E-state index in [9.17, 15) is 18.0 Å². The number of imidazole rings is 1. The first-order chi connectivity index (χ1) is 20.0. The lowest BCUT2D eigenvalue weighted by atomic mass is 10.0. The second-order valence-corrected chi connectivity index (χ2v) is 11.0. The topological polar surface area (TPSA) is 52.9 Å². The molecule has 5 rings (SSSR count). The number of fused-ring (bicyclic) bond motifs is 1. The van der Waals surface area contributed by atoms with Gasteiger partial charge in [-0.05, 0) is 107 Å². The molecule has 2 aromatic carbocycles. The van der Waals surface area contributed by atoms with Crippen LogP contribution >= 0.6 is 0 Å². The summed E-state index contributed by atoms with van der Waals surface area (Å²) in [5, 5.41) is 2.65. The number of nitrogens with one attached hydrogen (secondary N) is 1. The summed E-state index contributed by atoms with van der Waals surface area (Å²) < 4.78 is 44.1. The first kappa shape index (κ1) is 29.4. The number of hydrogen-bond acceptors (Lipinski definition) is 4. The summed E-state index contributed by atoms with van der Waals surface area (Å²) >= 11 is 0. The molecule has 1 aliphatic heterocycles. The number of rotatable bonds is 5. The fourth-order valence-corrected chi connectivity index (χ4v) is 5.38. The minimum atomic E-state index is -4.54. The number of carbonyl (C=O) groups excluding carboxylic acids is 1. The molecular weight excluding hydrogens is 539 g/mol. The lowest BCUT2D eigenvalue weighted by molar-refractivity contribution is -0.138. The maximum Gasteiger partial charge on any atom is 0.416 e. The molecule has 0 spiro atoms. The Labute approximate surface area is 244 Å². The number of halogens is 3. The number of anilines is 1. The summed E-state index contributed by atoms with van der Waals surface area (Å²) in [4.78, 5) is 21.9. The molecule has 1 aliphatic rings. The minimum Gasteiger partial charge on any atom is -0.322 e. The number of carbonyl (C=O) groups is 1. The molecule has 1 saturated heterocycles. The van der Waals surface area contributed by atoms with Gasteiger partial charge in [0, 0.05) is 35.6 Å². The molecule has 1 amide bonds. The molecule has 3 heterocycles. The highest BCUT2D eigenvalue weighted by Gasteiger charge is 2.34. The fourth-order valence-electron chi connectivity index (χ4n) is 5.38. The molecule has 0 unspecified atom stereocenters. The Bertz CT molecular complexity index is 1670. The molecule has 9 heteroatoms. The van der Waals surface area contributed by atoms with Crippen molar-refractivity contribution in [2.24, 2.45) is 0 Å². The van der Waals surface area contributed by atoms with Crippen LogP contribution in [0.1, 0.15) is 56.8 Å². The Kier molecular flexibility index (Phi) is 8.39. The molecule has 0 bridgehead atoms. The van der Waals surface area contributed by atoms with Gasteiger partial charge in [-0.15, -0.1) is 0 Å². The second kappa shape index (κ2) is 12.0.